The maximum Gasteiger partial charge on any atom is 0.157 e. The van der Waals surface area contributed by atoms with Crippen LogP contribution in [-0.2, 0) is 0 Å². The van der Waals surface area contributed by atoms with Gasteiger partial charge in [-0.15, -0.1) is 0 Å². The monoisotopic (exact) mass is 255 g/mol. The smallest absolute Gasteiger partial charge is 0.157 e. The molecule has 0 amide bonds. The summed E-state index contributed by atoms with van der Waals surface area (Å²) in [6.07, 6.45) is 3.94. The molecule has 1 N–H and O–H groups in total. The molecule has 3 nitrogen and oxygen atoms in total. The van der Waals surface area contributed by atoms with Crippen molar-refractivity contribution >= 4 is 16.9 Å². The Bertz CT molecular complexity index is 282. The van der Waals surface area contributed by atoms with Crippen molar-refractivity contribution < 1.29 is 0 Å². The molecule has 1 unspecified atom stereocenters. The van der Waals surface area contributed by atoms with Crippen molar-refractivity contribution in [1.29, 1.82) is 0 Å². The molecule has 2 aliphatic heterocycles. The first kappa shape index (κ1) is 13.2. The Hall–Kier alpha value is -0.220. The molecule has 0 aliphatic carbocycles. The Morgan fingerprint density at radius 1 is 1.41 bits per heavy atom. The quantitative estimate of drug-likeness (QED) is 0.839. The highest BCUT2D eigenvalue weighted by Crippen LogP contribution is 2.21. The Labute approximate surface area is 109 Å². The number of rotatable bonds is 3. The lowest BCUT2D eigenvalue weighted by Crippen LogP contribution is -2.46. The van der Waals surface area contributed by atoms with Crippen LogP contribution in [0.2, 0.25) is 0 Å². The fraction of sp³-hybridized carbons (Fsp3) is 0.923. The first-order valence-corrected chi connectivity index (χ1v) is 7.75. The molecule has 0 aromatic carbocycles. The van der Waals surface area contributed by atoms with Gasteiger partial charge in [0.05, 0.1) is 6.54 Å². The summed E-state index contributed by atoms with van der Waals surface area (Å²) >= 11 is 1.87. The second kappa shape index (κ2) is 5.61. The van der Waals surface area contributed by atoms with E-state index in [4.69, 9.17) is 4.99 Å². The SMILES string of the molecule is CC(CN=C1NC(C)(C)CCS1)N1CCCC1. The van der Waals surface area contributed by atoms with Crippen molar-refractivity contribution in [2.75, 3.05) is 25.4 Å². The van der Waals surface area contributed by atoms with Crippen molar-refractivity contribution in [1.82, 2.24) is 10.2 Å². The van der Waals surface area contributed by atoms with Gasteiger partial charge >= 0.3 is 0 Å². The standard InChI is InChI=1S/C13H25N3S/c1-11(16-7-4-5-8-16)10-14-12-15-13(2,3)6-9-17-12/h11H,4-10H2,1-3H3,(H,14,15). The van der Waals surface area contributed by atoms with Crippen LogP contribution in [0.25, 0.3) is 0 Å². The van der Waals surface area contributed by atoms with Gasteiger partial charge in [0.2, 0.25) is 0 Å². The van der Waals surface area contributed by atoms with Gasteiger partial charge in [-0.3, -0.25) is 9.89 Å². The third-order valence-corrected chi connectivity index (χ3v) is 4.59. The van der Waals surface area contributed by atoms with Gasteiger partial charge in [0.15, 0.2) is 5.17 Å². The van der Waals surface area contributed by atoms with Crippen molar-refractivity contribution in [3.8, 4) is 0 Å². The Morgan fingerprint density at radius 2 is 2.12 bits per heavy atom. The number of thioether (sulfide) groups is 1. The van der Waals surface area contributed by atoms with Gasteiger partial charge in [-0.25, -0.2) is 0 Å². The largest absolute Gasteiger partial charge is 0.360 e. The zero-order chi connectivity index (χ0) is 12.3. The second-order valence-corrected chi connectivity index (χ2v) is 6.93. The van der Waals surface area contributed by atoms with E-state index in [-0.39, 0.29) is 5.54 Å². The predicted octanol–water partition coefficient (Wildman–Crippen LogP) is 2.33. The van der Waals surface area contributed by atoms with Crippen LogP contribution in [0.5, 0.6) is 0 Å². The van der Waals surface area contributed by atoms with Crippen LogP contribution >= 0.6 is 11.8 Å². The molecule has 2 heterocycles. The van der Waals surface area contributed by atoms with Gasteiger partial charge in [0.25, 0.3) is 0 Å². The minimum absolute atomic E-state index is 0.223. The predicted molar refractivity (Wildman–Crippen MR) is 76.9 cm³/mol. The van der Waals surface area contributed by atoms with Crippen LogP contribution < -0.4 is 5.32 Å². The minimum atomic E-state index is 0.223. The summed E-state index contributed by atoms with van der Waals surface area (Å²) in [5.74, 6) is 1.19. The highest BCUT2D eigenvalue weighted by molar-refractivity contribution is 8.13. The van der Waals surface area contributed by atoms with Crippen LogP contribution in [0.1, 0.15) is 40.0 Å². The molecule has 98 valence electrons. The molecule has 0 spiro atoms. The lowest BCUT2D eigenvalue weighted by atomic mass is 10.0. The topological polar surface area (TPSA) is 27.6 Å². The molecule has 2 aliphatic rings. The summed E-state index contributed by atoms with van der Waals surface area (Å²) in [6.45, 7) is 10.3. The minimum Gasteiger partial charge on any atom is -0.360 e. The molecule has 17 heavy (non-hydrogen) atoms. The maximum atomic E-state index is 4.75. The van der Waals surface area contributed by atoms with Gasteiger partial charge in [-0.05, 0) is 53.1 Å². The van der Waals surface area contributed by atoms with Gasteiger partial charge in [-0.2, -0.15) is 0 Å². The molecule has 0 aromatic rings. The zero-order valence-electron chi connectivity index (χ0n) is 11.3. The Morgan fingerprint density at radius 3 is 2.76 bits per heavy atom. The summed E-state index contributed by atoms with van der Waals surface area (Å²) in [5.41, 5.74) is 0.223. The zero-order valence-corrected chi connectivity index (χ0v) is 12.1. The second-order valence-electron chi connectivity index (χ2n) is 5.85. The molecule has 0 bridgehead atoms. The molecule has 0 saturated carbocycles. The van der Waals surface area contributed by atoms with Crippen LogP contribution in [0.15, 0.2) is 4.99 Å². The summed E-state index contributed by atoms with van der Waals surface area (Å²) in [7, 11) is 0. The van der Waals surface area contributed by atoms with E-state index in [1.54, 1.807) is 0 Å². The Balaban J connectivity index is 1.82. The fourth-order valence-electron chi connectivity index (χ4n) is 2.39. The van der Waals surface area contributed by atoms with Gasteiger partial charge in [-0.1, -0.05) is 11.8 Å². The lowest BCUT2D eigenvalue weighted by molar-refractivity contribution is 0.265. The highest BCUT2D eigenvalue weighted by Gasteiger charge is 2.24. The molecule has 0 radical (unpaired) electrons. The van der Waals surface area contributed by atoms with E-state index in [0.29, 0.717) is 6.04 Å². The molecule has 2 saturated heterocycles. The first-order chi connectivity index (χ1) is 8.07. The van der Waals surface area contributed by atoms with E-state index in [1.807, 2.05) is 11.8 Å². The third kappa shape index (κ3) is 3.88. The van der Waals surface area contributed by atoms with Crippen molar-refractivity contribution in [2.45, 2.75) is 51.6 Å². The molecule has 4 heteroatoms. The van der Waals surface area contributed by atoms with E-state index >= 15 is 0 Å². The van der Waals surface area contributed by atoms with E-state index in [1.165, 1.54) is 38.1 Å². The van der Waals surface area contributed by atoms with E-state index in [2.05, 4.69) is 31.0 Å². The normalized spacial score (nSPS) is 29.2. The van der Waals surface area contributed by atoms with Crippen molar-refractivity contribution in [3.05, 3.63) is 0 Å². The Kier molecular flexibility index (Phi) is 4.36. The maximum absolute atomic E-state index is 4.75. The number of amidine groups is 1. The van der Waals surface area contributed by atoms with Gasteiger partial charge in [0, 0.05) is 17.3 Å². The average molecular weight is 255 g/mol. The fourth-order valence-corrected chi connectivity index (χ4v) is 3.71. The molecule has 0 aromatic heterocycles. The molecular weight excluding hydrogens is 230 g/mol. The summed E-state index contributed by atoms with van der Waals surface area (Å²) in [4.78, 5) is 7.31. The number of hydrogen-bond acceptors (Lipinski definition) is 3. The molecular formula is C13H25N3S. The van der Waals surface area contributed by atoms with Crippen molar-refractivity contribution in [3.63, 3.8) is 0 Å². The lowest BCUT2D eigenvalue weighted by Gasteiger charge is -2.32. The number of likely N-dealkylation sites (tertiary alicyclic amines) is 1. The molecule has 2 fully saturated rings. The van der Waals surface area contributed by atoms with Crippen LogP contribution in [-0.4, -0.2) is 47.0 Å². The molecule has 1 atom stereocenters. The van der Waals surface area contributed by atoms with Crippen LogP contribution in [0.4, 0.5) is 0 Å². The number of hydrogen-bond donors (Lipinski definition) is 1. The number of aliphatic imine (C=N–C) groups is 1. The van der Waals surface area contributed by atoms with Gasteiger partial charge in [0.1, 0.15) is 0 Å². The van der Waals surface area contributed by atoms with Crippen LogP contribution in [0, 0.1) is 0 Å². The van der Waals surface area contributed by atoms with Gasteiger partial charge < -0.3 is 5.32 Å². The third-order valence-electron chi connectivity index (χ3n) is 3.67. The van der Waals surface area contributed by atoms with E-state index in [9.17, 15) is 0 Å². The summed E-state index contributed by atoms with van der Waals surface area (Å²) in [5, 5.41) is 4.68. The van der Waals surface area contributed by atoms with E-state index < -0.39 is 0 Å². The number of nitrogens with one attached hydrogen (secondary N) is 1. The number of nitrogens with zero attached hydrogens (tertiary/aromatic N) is 2. The summed E-state index contributed by atoms with van der Waals surface area (Å²) in [6, 6.07) is 0.595. The summed E-state index contributed by atoms with van der Waals surface area (Å²) < 4.78 is 0. The highest BCUT2D eigenvalue weighted by atomic mass is 32.2. The first-order valence-electron chi connectivity index (χ1n) is 6.76. The van der Waals surface area contributed by atoms with Crippen molar-refractivity contribution in [2.24, 2.45) is 4.99 Å². The molecule has 2 rings (SSSR count). The average Bonchev–Trinajstić information content (AvgIpc) is 2.78. The van der Waals surface area contributed by atoms with Crippen LogP contribution in [0.3, 0.4) is 0 Å². The van der Waals surface area contributed by atoms with E-state index in [0.717, 1.165) is 11.7 Å².